The number of hydrogen-bond donors (Lipinski definition) is 2. The molecular weight excluding hydrogens is 222 g/mol. The van der Waals surface area contributed by atoms with E-state index in [9.17, 15) is 9.59 Å². The maximum atomic E-state index is 12.2. The van der Waals surface area contributed by atoms with Gasteiger partial charge in [0, 0.05) is 32.7 Å². The molecule has 1 atom stereocenters. The third-order valence-corrected chi connectivity index (χ3v) is 3.42. The molecule has 2 heterocycles. The van der Waals surface area contributed by atoms with Crippen molar-refractivity contribution in [3.63, 3.8) is 0 Å². The Bertz CT molecular complexity index is 302. The van der Waals surface area contributed by atoms with Crippen molar-refractivity contribution in [2.24, 2.45) is 0 Å². The van der Waals surface area contributed by atoms with E-state index in [0.717, 1.165) is 25.9 Å². The van der Waals surface area contributed by atoms with E-state index in [2.05, 4.69) is 5.32 Å². The van der Waals surface area contributed by atoms with E-state index in [0.29, 0.717) is 26.1 Å². The Kier molecular flexibility index (Phi) is 3.83. The predicted octanol–water partition coefficient (Wildman–Crippen LogP) is -0.0493. The number of rotatable bonds is 1. The van der Waals surface area contributed by atoms with Gasteiger partial charge in [0.25, 0.3) is 0 Å². The molecule has 0 unspecified atom stereocenters. The van der Waals surface area contributed by atoms with Crippen LogP contribution in [0.15, 0.2) is 0 Å². The Morgan fingerprint density at radius 1 is 1.12 bits per heavy atom. The number of aliphatic carboxylic acids is 1. The van der Waals surface area contributed by atoms with Gasteiger partial charge in [-0.3, -0.25) is 0 Å². The molecule has 2 aliphatic heterocycles. The Labute approximate surface area is 101 Å². The summed E-state index contributed by atoms with van der Waals surface area (Å²) in [5.74, 6) is -0.881. The summed E-state index contributed by atoms with van der Waals surface area (Å²) in [6.07, 6.45) is 2.37. The number of amides is 2. The first-order valence-corrected chi connectivity index (χ1v) is 6.19. The summed E-state index contributed by atoms with van der Waals surface area (Å²) in [6.45, 7) is 3.48. The number of likely N-dealkylation sites (tertiary alicyclic amines) is 1. The molecule has 2 amide bonds. The van der Waals surface area contributed by atoms with Crippen LogP contribution in [0, 0.1) is 0 Å². The molecule has 96 valence electrons. The van der Waals surface area contributed by atoms with Crippen molar-refractivity contribution in [3.8, 4) is 0 Å². The maximum absolute atomic E-state index is 12.2. The summed E-state index contributed by atoms with van der Waals surface area (Å²) in [4.78, 5) is 26.6. The van der Waals surface area contributed by atoms with Crippen LogP contribution in [0.5, 0.6) is 0 Å². The highest BCUT2D eigenvalue weighted by atomic mass is 16.4. The predicted molar refractivity (Wildman–Crippen MR) is 61.8 cm³/mol. The second-order valence-electron chi connectivity index (χ2n) is 4.56. The molecule has 17 heavy (non-hydrogen) atoms. The van der Waals surface area contributed by atoms with Crippen LogP contribution in [0.3, 0.4) is 0 Å². The zero-order valence-corrected chi connectivity index (χ0v) is 9.89. The van der Waals surface area contributed by atoms with Gasteiger partial charge < -0.3 is 20.2 Å². The van der Waals surface area contributed by atoms with Crippen LogP contribution < -0.4 is 5.32 Å². The molecule has 2 aliphatic rings. The van der Waals surface area contributed by atoms with E-state index >= 15 is 0 Å². The van der Waals surface area contributed by atoms with Gasteiger partial charge in [0.15, 0.2) is 0 Å². The Balaban J connectivity index is 2.02. The number of carbonyl (C=O) groups excluding carboxylic acids is 1. The number of hydrogen-bond acceptors (Lipinski definition) is 3. The van der Waals surface area contributed by atoms with Gasteiger partial charge in [-0.25, -0.2) is 9.59 Å². The number of piperidine rings is 1. The van der Waals surface area contributed by atoms with Gasteiger partial charge in [-0.15, -0.1) is 0 Å². The molecule has 6 nitrogen and oxygen atoms in total. The van der Waals surface area contributed by atoms with Gasteiger partial charge in [0.05, 0.1) is 0 Å². The molecule has 0 aliphatic carbocycles. The summed E-state index contributed by atoms with van der Waals surface area (Å²) in [5, 5.41) is 12.3. The van der Waals surface area contributed by atoms with Crippen LogP contribution in [-0.4, -0.2) is 65.7 Å². The van der Waals surface area contributed by atoms with Gasteiger partial charge in [-0.2, -0.15) is 0 Å². The summed E-state index contributed by atoms with van der Waals surface area (Å²) in [5.41, 5.74) is 0. The number of urea groups is 1. The van der Waals surface area contributed by atoms with Crippen molar-refractivity contribution in [1.29, 1.82) is 0 Å². The molecule has 0 aromatic heterocycles. The molecule has 0 bridgehead atoms. The zero-order chi connectivity index (χ0) is 12.3. The number of carboxylic acid groups (broad SMARTS) is 1. The largest absolute Gasteiger partial charge is 0.480 e. The average Bonchev–Trinajstić information content (AvgIpc) is 2.39. The lowest BCUT2D eigenvalue weighted by molar-refractivity contribution is -0.143. The molecule has 2 saturated heterocycles. The van der Waals surface area contributed by atoms with Crippen molar-refractivity contribution < 1.29 is 14.7 Å². The smallest absolute Gasteiger partial charge is 0.326 e. The third kappa shape index (κ3) is 2.69. The highest BCUT2D eigenvalue weighted by molar-refractivity contribution is 5.83. The zero-order valence-electron chi connectivity index (χ0n) is 9.89. The number of carbonyl (C=O) groups is 2. The molecule has 2 fully saturated rings. The minimum absolute atomic E-state index is 0.112. The van der Waals surface area contributed by atoms with Crippen LogP contribution in [0.25, 0.3) is 0 Å². The average molecular weight is 241 g/mol. The quantitative estimate of drug-likeness (QED) is 0.675. The van der Waals surface area contributed by atoms with E-state index in [1.807, 2.05) is 0 Å². The Morgan fingerprint density at radius 3 is 2.47 bits per heavy atom. The van der Waals surface area contributed by atoms with Gasteiger partial charge >= 0.3 is 12.0 Å². The van der Waals surface area contributed by atoms with Crippen molar-refractivity contribution in [3.05, 3.63) is 0 Å². The van der Waals surface area contributed by atoms with Gasteiger partial charge in [-0.1, -0.05) is 0 Å². The normalized spacial score (nSPS) is 25.8. The fourth-order valence-electron chi connectivity index (χ4n) is 2.46. The highest BCUT2D eigenvalue weighted by Crippen LogP contribution is 2.19. The highest BCUT2D eigenvalue weighted by Gasteiger charge is 2.34. The summed E-state index contributed by atoms with van der Waals surface area (Å²) in [6, 6.07) is -0.746. The van der Waals surface area contributed by atoms with Crippen molar-refractivity contribution in [2.75, 3.05) is 32.7 Å². The number of nitrogens with zero attached hydrogens (tertiary/aromatic N) is 2. The minimum atomic E-state index is -0.881. The van der Waals surface area contributed by atoms with Crippen molar-refractivity contribution in [1.82, 2.24) is 15.1 Å². The van der Waals surface area contributed by atoms with Crippen LogP contribution in [0.2, 0.25) is 0 Å². The van der Waals surface area contributed by atoms with Crippen molar-refractivity contribution in [2.45, 2.75) is 25.3 Å². The molecule has 0 aromatic rings. The van der Waals surface area contributed by atoms with E-state index in [-0.39, 0.29) is 6.03 Å². The van der Waals surface area contributed by atoms with E-state index in [1.165, 1.54) is 4.90 Å². The van der Waals surface area contributed by atoms with Crippen LogP contribution in [-0.2, 0) is 4.79 Å². The lowest BCUT2D eigenvalue weighted by Gasteiger charge is -2.38. The molecule has 0 aromatic carbocycles. The third-order valence-electron chi connectivity index (χ3n) is 3.42. The van der Waals surface area contributed by atoms with Crippen molar-refractivity contribution >= 4 is 12.0 Å². The van der Waals surface area contributed by atoms with E-state index in [4.69, 9.17) is 5.11 Å². The minimum Gasteiger partial charge on any atom is -0.480 e. The standard InChI is InChI=1S/C11H19N3O3/c15-10(16)9-3-1-2-6-14(9)11(17)13-7-4-12-5-8-13/h9,12H,1-8H2,(H,15,16)/t9-/m0/s1. The number of piperazine rings is 1. The molecule has 0 radical (unpaired) electrons. The molecule has 0 spiro atoms. The summed E-state index contributed by atoms with van der Waals surface area (Å²) >= 11 is 0. The SMILES string of the molecule is O=C(O)[C@@H]1CCCCN1C(=O)N1CCNCC1. The molecule has 2 rings (SSSR count). The molecule has 6 heteroatoms. The first-order valence-electron chi connectivity index (χ1n) is 6.19. The van der Waals surface area contributed by atoms with Gasteiger partial charge in [0.1, 0.15) is 6.04 Å². The molecular formula is C11H19N3O3. The van der Waals surface area contributed by atoms with E-state index < -0.39 is 12.0 Å². The van der Waals surface area contributed by atoms with Crippen LogP contribution in [0.1, 0.15) is 19.3 Å². The molecule has 2 N–H and O–H groups in total. The summed E-state index contributed by atoms with van der Waals surface area (Å²) in [7, 11) is 0. The summed E-state index contributed by atoms with van der Waals surface area (Å²) < 4.78 is 0. The Morgan fingerprint density at radius 2 is 1.82 bits per heavy atom. The first-order chi connectivity index (χ1) is 8.20. The second kappa shape index (κ2) is 5.35. The lowest BCUT2D eigenvalue weighted by Crippen LogP contribution is -2.56. The Hall–Kier alpha value is -1.30. The number of carboxylic acids is 1. The van der Waals surface area contributed by atoms with Crippen LogP contribution >= 0.6 is 0 Å². The van der Waals surface area contributed by atoms with E-state index in [1.54, 1.807) is 4.90 Å². The number of nitrogens with one attached hydrogen (secondary N) is 1. The first kappa shape index (κ1) is 12.2. The molecule has 0 saturated carbocycles. The second-order valence-corrected chi connectivity index (χ2v) is 4.56. The van der Waals surface area contributed by atoms with Gasteiger partial charge in [0.2, 0.25) is 0 Å². The van der Waals surface area contributed by atoms with Gasteiger partial charge in [-0.05, 0) is 19.3 Å². The topological polar surface area (TPSA) is 72.9 Å². The fraction of sp³-hybridized carbons (Fsp3) is 0.818. The fourth-order valence-corrected chi connectivity index (χ4v) is 2.46. The lowest BCUT2D eigenvalue weighted by atomic mass is 10.0. The monoisotopic (exact) mass is 241 g/mol. The van der Waals surface area contributed by atoms with Crippen LogP contribution in [0.4, 0.5) is 4.79 Å². The maximum Gasteiger partial charge on any atom is 0.326 e.